The first-order chi connectivity index (χ1) is 7.79. The zero-order chi connectivity index (χ0) is 11.4. The van der Waals surface area contributed by atoms with Crippen molar-refractivity contribution in [2.45, 2.75) is 0 Å². The molecule has 1 heterocycles. The van der Waals surface area contributed by atoms with Crippen LogP contribution in [0.1, 0.15) is 5.56 Å². The van der Waals surface area contributed by atoms with Crippen molar-refractivity contribution < 1.29 is 4.79 Å². The molecule has 0 bridgehead atoms. The van der Waals surface area contributed by atoms with E-state index in [0.717, 1.165) is 11.3 Å². The van der Waals surface area contributed by atoms with Gasteiger partial charge in [-0.2, -0.15) is 0 Å². The molecule has 2 N–H and O–H groups in total. The summed E-state index contributed by atoms with van der Waals surface area (Å²) in [6.45, 7) is 3.41. The van der Waals surface area contributed by atoms with Crippen molar-refractivity contribution in [2.24, 2.45) is 0 Å². The van der Waals surface area contributed by atoms with Crippen molar-refractivity contribution in [3.8, 4) is 0 Å². The maximum Gasteiger partial charge on any atom is 0.248 e. The highest BCUT2D eigenvalue weighted by Crippen LogP contribution is 2.20. The number of para-hydroxylation sites is 1. The van der Waals surface area contributed by atoms with E-state index in [4.69, 9.17) is 0 Å². The van der Waals surface area contributed by atoms with Crippen LogP contribution in [0.5, 0.6) is 0 Å². The van der Waals surface area contributed by atoms with Gasteiger partial charge in [-0.25, -0.2) is 0 Å². The number of hydrogen-bond donors (Lipinski definition) is 2. The highest BCUT2D eigenvalue weighted by Gasteiger charge is 2.05. The number of benzene rings is 1. The molecular formula is C13H12N2O. The van der Waals surface area contributed by atoms with Gasteiger partial charge in [-0.15, -0.1) is 0 Å². The fourth-order valence-electron chi connectivity index (χ4n) is 1.45. The van der Waals surface area contributed by atoms with E-state index in [1.165, 1.54) is 6.08 Å². The fraction of sp³-hybridized carbons (Fsp3) is 0. The highest BCUT2D eigenvalue weighted by molar-refractivity contribution is 5.89. The predicted octanol–water partition coefficient (Wildman–Crippen LogP) is 2.27. The van der Waals surface area contributed by atoms with Crippen molar-refractivity contribution in [3.05, 3.63) is 60.5 Å². The third kappa shape index (κ3) is 2.20. The molecule has 2 rings (SSSR count). The minimum Gasteiger partial charge on any atom is -0.341 e. The summed E-state index contributed by atoms with van der Waals surface area (Å²) >= 11 is 0. The maximum atomic E-state index is 11.2. The zero-order valence-electron chi connectivity index (χ0n) is 8.73. The molecule has 0 aromatic heterocycles. The first-order valence-electron chi connectivity index (χ1n) is 4.97. The number of nitrogens with one attached hydrogen (secondary N) is 2. The lowest BCUT2D eigenvalue weighted by molar-refractivity contribution is -0.115. The molecule has 3 nitrogen and oxygen atoms in total. The van der Waals surface area contributed by atoms with Gasteiger partial charge in [0.25, 0.3) is 0 Å². The van der Waals surface area contributed by atoms with Crippen LogP contribution in [0, 0.1) is 0 Å². The first-order valence-corrected chi connectivity index (χ1v) is 4.97. The molecule has 1 aliphatic rings. The van der Waals surface area contributed by atoms with Gasteiger partial charge < -0.3 is 10.6 Å². The third-order valence-electron chi connectivity index (χ3n) is 2.21. The highest BCUT2D eigenvalue weighted by atomic mass is 16.1. The van der Waals surface area contributed by atoms with Crippen LogP contribution in [0.2, 0.25) is 0 Å². The maximum absolute atomic E-state index is 11.2. The van der Waals surface area contributed by atoms with Crippen molar-refractivity contribution >= 4 is 17.7 Å². The lowest BCUT2D eigenvalue weighted by atomic mass is 10.2. The van der Waals surface area contributed by atoms with Gasteiger partial charge in [-0.1, -0.05) is 36.9 Å². The average Bonchev–Trinajstić information content (AvgIpc) is 2.50. The molecule has 0 spiro atoms. The van der Waals surface area contributed by atoms with Crippen LogP contribution in [-0.4, -0.2) is 5.91 Å². The molecule has 3 heteroatoms. The molecule has 1 amide bonds. The van der Waals surface area contributed by atoms with Crippen LogP contribution < -0.4 is 10.6 Å². The standard InChI is InChI=1S/C13H12N2O/c1-2-13(16)15-12-9-5-7-10-6-3-4-8-11(10)14-12/h2-9,14H,1H2,(H,15,16). The van der Waals surface area contributed by atoms with E-state index in [0.29, 0.717) is 5.82 Å². The Kier molecular flexibility index (Phi) is 2.87. The van der Waals surface area contributed by atoms with E-state index in [-0.39, 0.29) is 5.91 Å². The van der Waals surface area contributed by atoms with Crippen LogP contribution in [0.4, 0.5) is 5.69 Å². The van der Waals surface area contributed by atoms with E-state index in [9.17, 15) is 4.79 Å². The second-order valence-electron chi connectivity index (χ2n) is 3.35. The lowest BCUT2D eigenvalue weighted by Crippen LogP contribution is -2.24. The van der Waals surface area contributed by atoms with Crippen LogP contribution >= 0.6 is 0 Å². The number of allylic oxidation sites excluding steroid dienone is 2. The Morgan fingerprint density at radius 3 is 3.00 bits per heavy atom. The van der Waals surface area contributed by atoms with Gasteiger partial charge in [0.15, 0.2) is 0 Å². The Bertz CT molecular complexity index is 486. The second kappa shape index (κ2) is 4.49. The Hall–Kier alpha value is -2.29. The molecule has 0 saturated heterocycles. The molecule has 80 valence electrons. The summed E-state index contributed by atoms with van der Waals surface area (Å²) in [7, 11) is 0. The monoisotopic (exact) mass is 212 g/mol. The lowest BCUT2D eigenvalue weighted by Gasteiger charge is -2.11. The fourth-order valence-corrected chi connectivity index (χ4v) is 1.45. The summed E-state index contributed by atoms with van der Waals surface area (Å²) in [5.74, 6) is 0.414. The van der Waals surface area contributed by atoms with E-state index in [1.54, 1.807) is 6.08 Å². The molecule has 16 heavy (non-hydrogen) atoms. The number of fused-ring (bicyclic) bond motifs is 1. The van der Waals surface area contributed by atoms with Gasteiger partial charge in [-0.05, 0) is 23.8 Å². The number of amides is 1. The molecule has 0 radical (unpaired) electrons. The number of carbonyl (C=O) groups is 1. The van der Waals surface area contributed by atoms with E-state index >= 15 is 0 Å². The Labute approximate surface area is 94.2 Å². The van der Waals surface area contributed by atoms with Crippen LogP contribution in [0.3, 0.4) is 0 Å². The van der Waals surface area contributed by atoms with Gasteiger partial charge in [-0.3, -0.25) is 4.79 Å². The van der Waals surface area contributed by atoms with Crippen LogP contribution in [-0.2, 0) is 4.79 Å². The molecule has 0 fully saturated rings. The van der Waals surface area contributed by atoms with Crippen molar-refractivity contribution in [1.29, 1.82) is 0 Å². The van der Waals surface area contributed by atoms with Crippen molar-refractivity contribution in [1.82, 2.24) is 5.32 Å². The molecule has 0 unspecified atom stereocenters. The second-order valence-corrected chi connectivity index (χ2v) is 3.35. The molecular weight excluding hydrogens is 200 g/mol. The van der Waals surface area contributed by atoms with E-state index in [2.05, 4.69) is 17.2 Å². The summed E-state index contributed by atoms with van der Waals surface area (Å²) in [5, 5.41) is 5.83. The summed E-state index contributed by atoms with van der Waals surface area (Å²) in [4.78, 5) is 11.2. The Morgan fingerprint density at radius 1 is 1.38 bits per heavy atom. The minimum atomic E-state index is -0.230. The van der Waals surface area contributed by atoms with Gasteiger partial charge in [0.05, 0.1) is 0 Å². The smallest absolute Gasteiger partial charge is 0.248 e. The van der Waals surface area contributed by atoms with Crippen LogP contribution in [0.25, 0.3) is 6.08 Å². The SMILES string of the molecule is C=CC(=O)NC1=CC=Cc2ccccc2N1. The Morgan fingerprint density at radius 2 is 2.19 bits per heavy atom. The summed E-state index contributed by atoms with van der Waals surface area (Å²) < 4.78 is 0. The summed E-state index contributed by atoms with van der Waals surface area (Å²) in [5.41, 5.74) is 2.05. The number of anilines is 1. The molecule has 0 atom stereocenters. The minimum absolute atomic E-state index is 0.230. The zero-order valence-corrected chi connectivity index (χ0v) is 8.73. The molecule has 1 aromatic rings. The average molecular weight is 212 g/mol. The summed E-state index contributed by atoms with van der Waals surface area (Å²) in [6, 6.07) is 7.87. The predicted molar refractivity (Wildman–Crippen MR) is 65.5 cm³/mol. The topological polar surface area (TPSA) is 41.1 Å². The number of hydrogen-bond acceptors (Lipinski definition) is 2. The van der Waals surface area contributed by atoms with Gasteiger partial charge in [0.1, 0.15) is 5.82 Å². The Balaban J connectivity index is 2.22. The summed E-state index contributed by atoms with van der Waals surface area (Å²) in [6.07, 6.45) is 6.91. The largest absolute Gasteiger partial charge is 0.341 e. The quantitative estimate of drug-likeness (QED) is 0.738. The van der Waals surface area contributed by atoms with E-state index in [1.807, 2.05) is 36.4 Å². The van der Waals surface area contributed by atoms with Gasteiger partial charge >= 0.3 is 0 Å². The number of rotatable bonds is 2. The first kappa shape index (κ1) is 10.2. The van der Waals surface area contributed by atoms with Gasteiger partial charge in [0.2, 0.25) is 5.91 Å². The normalized spacial score (nSPS) is 12.9. The van der Waals surface area contributed by atoms with Crippen molar-refractivity contribution in [3.63, 3.8) is 0 Å². The van der Waals surface area contributed by atoms with Crippen LogP contribution in [0.15, 0.2) is 54.9 Å². The molecule has 1 aliphatic heterocycles. The molecule has 1 aromatic carbocycles. The van der Waals surface area contributed by atoms with E-state index < -0.39 is 0 Å². The van der Waals surface area contributed by atoms with Gasteiger partial charge in [0, 0.05) is 5.69 Å². The molecule has 0 saturated carbocycles. The number of carbonyl (C=O) groups excluding carboxylic acids is 1. The van der Waals surface area contributed by atoms with Crippen molar-refractivity contribution in [2.75, 3.05) is 5.32 Å². The molecule has 0 aliphatic carbocycles. The third-order valence-corrected chi connectivity index (χ3v) is 2.21.